The van der Waals surface area contributed by atoms with E-state index in [1.54, 1.807) is 20.0 Å². The first-order valence-electron chi connectivity index (χ1n) is 12.7. The van der Waals surface area contributed by atoms with Gasteiger partial charge in [-0.15, -0.1) is 0 Å². The van der Waals surface area contributed by atoms with Gasteiger partial charge >= 0.3 is 0 Å². The van der Waals surface area contributed by atoms with Crippen LogP contribution in [0.15, 0.2) is 24.4 Å². The highest BCUT2D eigenvalue weighted by Crippen LogP contribution is 2.42. The molecule has 0 unspecified atom stereocenters. The van der Waals surface area contributed by atoms with E-state index in [1.165, 1.54) is 0 Å². The van der Waals surface area contributed by atoms with E-state index < -0.39 is 11.7 Å². The summed E-state index contributed by atoms with van der Waals surface area (Å²) in [4.78, 5) is 19.5. The molecule has 8 heteroatoms. The number of fused-ring (bicyclic) bond motifs is 1. The van der Waals surface area contributed by atoms with Gasteiger partial charge in [-0.3, -0.25) is 9.69 Å². The van der Waals surface area contributed by atoms with Crippen molar-refractivity contribution in [2.24, 2.45) is 11.8 Å². The quantitative estimate of drug-likeness (QED) is 0.574. The predicted octanol–water partition coefficient (Wildman–Crippen LogP) is 3.95. The minimum atomic E-state index is -0.744. The van der Waals surface area contributed by atoms with Gasteiger partial charge in [0.1, 0.15) is 5.82 Å². The van der Waals surface area contributed by atoms with Crippen LogP contribution in [-0.2, 0) is 9.53 Å². The lowest BCUT2D eigenvalue weighted by atomic mass is 9.67. The molecule has 5 rings (SSSR count). The number of amides is 1. The predicted molar refractivity (Wildman–Crippen MR) is 137 cm³/mol. The van der Waals surface area contributed by atoms with Crippen molar-refractivity contribution in [3.63, 3.8) is 0 Å². The second-order valence-electron chi connectivity index (χ2n) is 11.4. The molecule has 2 atom stereocenters. The van der Waals surface area contributed by atoms with Crippen molar-refractivity contribution in [1.29, 1.82) is 0 Å². The van der Waals surface area contributed by atoms with Crippen LogP contribution in [0.5, 0.6) is 0 Å². The lowest BCUT2D eigenvalue weighted by Gasteiger charge is -2.43. The summed E-state index contributed by atoms with van der Waals surface area (Å²) in [5, 5.41) is 26.2. The Hall–Kier alpha value is -1.77. The number of benzene rings is 1. The SMILES string of the molecule is CC(C)(O)[C@H]1C[C@H](C(=O)Nc2cc3cc(C4CCN([C@]5(C)COC[C@@H]5O)CC4)c(Cl)cc3cn2)C1. The van der Waals surface area contributed by atoms with Gasteiger partial charge in [-0.1, -0.05) is 11.6 Å². The van der Waals surface area contributed by atoms with Gasteiger partial charge in [0.2, 0.25) is 5.91 Å². The summed E-state index contributed by atoms with van der Waals surface area (Å²) < 4.78 is 5.53. The third-order valence-corrected chi connectivity index (χ3v) is 8.97. The van der Waals surface area contributed by atoms with Gasteiger partial charge in [-0.2, -0.15) is 0 Å². The molecule has 7 nitrogen and oxygen atoms in total. The summed E-state index contributed by atoms with van der Waals surface area (Å²) in [5.41, 5.74) is 0.0685. The molecule has 0 spiro atoms. The number of rotatable bonds is 5. The minimum absolute atomic E-state index is 0.0366. The summed E-state index contributed by atoms with van der Waals surface area (Å²) in [7, 11) is 0. The molecular weight excluding hydrogens is 466 g/mol. The number of carbonyl (C=O) groups excluding carboxylic acids is 1. The van der Waals surface area contributed by atoms with Crippen LogP contribution in [0.3, 0.4) is 0 Å². The molecule has 2 aliphatic heterocycles. The van der Waals surface area contributed by atoms with E-state index in [0.29, 0.717) is 37.8 Å². The number of ether oxygens (including phenoxy) is 1. The van der Waals surface area contributed by atoms with Crippen molar-refractivity contribution in [3.05, 3.63) is 35.0 Å². The number of anilines is 1. The van der Waals surface area contributed by atoms with Crippen LogP contribution in [0.1, 0.15) is 57.9 Å². The van der Waals surface area contributed by atoms with Crippen molar-refractivity contribution >= 4 is 34.1 Å². The van der Waals surface area contributed by atoms with Crippen LogP contribution >= 0.6 is 11.6 Å². The number of aromatic nitrogens is 1. The number of aliphatic hydroxyl groups is 2. The Kier molecular flexibility index (Phi) is 6.60. The fourth-order valence-electron chi connectivity index (χ4n) is 5.86. The van der Waals surface area contributed by atoms with Crippen molar-refractivity contribution < 1.29 is 19.7 Å². The van der Waals surface area contributed by atoms with Crippen LogP contribution in [0.25, 0.3) is 10.8 Å². The highest BCUT2D eigenvalue weighted by molar-refractivity contribution is 6.32. The zero-order valence-corrected chi connectivity index (χ0v) is 21.5. The number of carbonyl (C=O) groups is 1. The van der Waals surface area contributed by atoms with Gasteiger partial charge in [-0.05, 0) is 101 Å². The van der Waals surface area contributed by atoms with Crippen LogP contribution < -0.4 is 5.32 Å². The Morgan fingerprint density at radius 3 is 2.57 bits per heavy atom. The molecule has 0 radical (unpaired) electrons. The summed E-state index contributed by atoms with van der Waals surface area (Å²) in [5.74, 6) is 0.920. The Morgan fingerprint density at radius 2 is 1.94 bits per heavy atom. The van der Waals surface area contributed by atoms with Crippen molar-refractivity contribution in [2.45, 2.75) is 69.6 Å². The number of piperidine rings is 1. The van der Waals surface area contributed by atoms with Crippen molar-refractivity contribution in [3.8, 4) is 0 Å². The second kappa shape index (κ2) is 9.27. The molecular formula is C27H36ClN3O4. The monoisotopic (exact) mass is 501 g/mol. The fourth-order valence-corrected chi connectivity index (χ4v) is 6.18. The summed E-state index contributed by atoms with van der Waals surface area (Å²) in [6.45, 7) is 8.44. The molecule has 1 amide bonds. The number of halogens is 1. The first kappa shape index (κ1) is 24.9. The average molecular weight is 502 g/mol. The molecule has 3 heterocycles. The molecule has 2 saturated heterocycles. The number of hydrogen-bond donors (Lipinski definition) is 3. The largest absolute Gasteiger partial charge is 0.390 e. The average Bonchev–Trinajstić information content (AvgIpc) is 3.11. The first-order chi connectivity index (χ1) is 16.5. The smallest absolute Gasteiger partial charge is 0.228 e. The molecule has 3 aliphatic rings. The number of pyridine rings is 1. The Balaban J connectivity index is 1.26. The molecule has 1 aromatic heterocycles. The molecule has 1 aromatic carbocycles. The Labute approximate surface area is 211 Å². The molecule has 3 N–H and O–H groups in total. The van der Waals surface area contributed by atoms with E-state index in [0.717, 1.165) is 47.3 Å². The summed E-state index contributed by atoms with van der Waals surface area (Å²) in [6.07, 6.45) is 4.63. The maximum atomic E-state index is 12.7. The number of nitrogens with one attached hydrogen (secondary N) is 1. The van der Waals surface area contributed by atoms with Crippen LogP contribution in [0, 0.1) is 11.8 Å². The van der Waals surface area contributed by atoms with Gasteiger partial charge < -0.3 is 20.3 Å². The van der Waals surface area contributed by atoms with E-state index in [2.05, 4.69) is 28.2 Å². The summed E-state index contributed by atoms with van der Waals surface area (Å²) >= 11 is 6.70. The van der Waals surface area contributed by atoms with Gasteiger partial charge in [0.15, 0.2) is 0 Å². The molecule has 190 valence electrons. The number of aliphatic hydroxyl groups excluding tert-OH is 1. The maximum Gasteiger partial charge on any atom is 0.228 e. The van der Waals surface area contributed by atoms with Crippen LogP contribution in [0.2, 0.25) is 5.02 Å². The van der Waals surface area contributed by atoms with Crippen LogP contribution in [-0.4, -0.2) is 69.6 Å². The van der Waals surface area contributed by atoms with Crippen LogP contribution in [0.4, 0.5) is 5.82 Å². The zero-order chi connectivity index (χ0) is 25.0. The van der Waals surface area contributed by atoms with Gasteiger partial charge in [0, 0.05) is 22.5 Å². The second-order valence-corrected chi connectivity index (χ2v) is 11.9. The first-order valence-corrected chi connectivity index (χ1v) is 13.1. The summed E-state index contributed by atoms with van der Waals surface area (Å²) in [6, 6.07) is 6.02. The van der Waals surface area contributed by atoms with Crippen molar-refractivity contribution in [2.75, 3.05) is 31.6 Å². The number of hydrogen-bond acceptors (Lipinski definition) is 6. The fraction of sp³-hybridized carbons (Fsp3) is 0.630. The number of likely N-dealkylation sites (tertiary alicyclic amines) is 1. The highest BCUT2D eigenvalue weighted by atomic mass is 35.5. The van der Waals surface area contributed by atoms with E-state index in [1.807, 2.05) is 12.1 Å². The Morgan fingerprint density at radius 1 is 1.23 bits per heavy atom. The third-order valence-electron chi connectivity index (χ3n) is 8.64. The molecule has 35 heavy (non-hydrogen) atoms. The normalized spacial score (nSPS) is 30.4. The standard InChI is InChI=1S/C27H36ClN3O4/c1-26(2,34)20-8-18(9-20)25(33)30-24-12-17-10-21(22(28)11-19(17)13-29-24)16-4-6-31(7-5-16)27(3)15-35-14-23(27)32/h10-13,16,18,20,23,32,34H,4-9,14-15H2,1-3H3,(H,29,30,33)/t18-,20-,23-,27+/m0/s1. The topological polar surface area (TPSA) is 94.9 Å². The maximum absolute atomic E-state index is 12.7. The van der Waals surface area contributed by atoms with Gasteiger partial charge in [-0.25, -0.2) is 4.98 Å². The third kappa shape index (κ3) is 4.81. The molecule has 1 aliphatic carbocycles. The van der Waals surface area contributed by atoms with E-state index in [4.69, 9.17) is 16.3 Å². The molecule has 2 aromatic rings. The molecule has 3 fully saturated rings. The highest BCUT2D eigenvalue weighted by Gasteiger charge is 2.45. The molecule has 1 saturated carbocycles. The number of nitrogens with zero attached hydrogens (tertiary/aromatic N) is 2. The van der Waals surface area contributed by atoms with Gasteiger partial charge in [0.05, 0.1) is 30.5 Å². The lowest BCUT2D eigenvalue weighted by molar-refractivity contribution is -0.128. The van der Waals surface area contributed by atoms with E-state index in [-0.39, 0.29) is 23.3 Å². The minimum Gasteiger partial charge on any atom is -0.390 e. The van der Waals surface area contributed by atoms with E-state index >= 15 is 0 Å². The molecule has 0 bridgehead atoms. The van der Waals surface area contributed by atoms with Crippen molar-refractivity contribution in [1.82, 2.24) is 9.88 Å². The lowest BCUT2D eigenvalue weighted by Crippen LogP contribution is -2.56. The Bertz CT molecular complexity index is 1110. The van der Waals surface area contributed by atoms with E-state index in [9.17, 15) is 15.0 Å². The zero-order valence-electron chi connectivity index (χ0n) is 20.8. The van der Waals surface area contributed by atoms with Gasteiger partial charge in [0.25, 0.3) is 0 Å².